The van der Waals surface area contributed by atoms with Crippen LogP contribution in [-0.2, 0) is 28.6 Å². The second-order valence-electron chi connectivity index (χ2n) is 22.0. The van der Waals surface area contributed by atoms with E-state index in [0.717, 1.165) is 89.9 Å². The summed E-state index contributed by atoms with van der Waals surface area (Å²) in [6.45, 7) is 6.64. The number of hydrogen-bond donors (Lipinski definition) is 0. The Labute approximate surface area is 466 Å². The summed E-state index contributed by atoms with van der Waals surface area (Å²) in [6, 6.07) is 0. The average molecular weight is 1050 g/mol. The molecule has 0 aliphatic heterocycles. The lowest BCUT2D eigenvalue weighted by Crippen LogP contribution is -2.30. The molecule has 0 rings (SSSR count). The van der Waals surface area contributed by atoms with Crippen LogP contribution in [0.15, 0.2) is 60.8 Å². The minimum atomic E-state index is -0.781. The molecular weight excluding hydrogens is 925 g/mol. The van der Waals surface area contributed by atoms with E-state index in [1.807, 2.05) is 0 Å². The molecule has 6 heteroatoms. The second kappa shape index (κ2) is 63.6. The second-order valence-corrected chi connectivity index (χ2v) is 22.0. The van der Waals surface area contributed by atoms with E-state index in [1.165, 1.54) is 212 Å². The quantitative estimate of drug-likeness (QED) is 0.0261. The molecule has 0 bridgehead atoms. The van der Waals surface area contributed by atoms with Gasteiger partial charge >= 0.3 is 17.9 Å². The molecule has 0 aromatic heterocycles. The predicted octanol–water partition coefficient (Wildman–Crippen LogP) is 22.3. The minimum Gasteiger partial charge on any atom is -0.462 e. The van der Waals surface area contributed by atoms with E-state index in [9.17, 15) is 14.4 Å². The highest BCUT2D eigenvalue weighted by Gasteiger charge is 2.19. The van der Waals surface area contributed by atoms with E-state index >= 15 is 0 Å². The topological polar surface area (TPSA) is 78.9 Å². The Balaban J connectivity index is 4.36. The zero-order chi connectivity index (χ0) is 54.3. The van der Waals surface area contributed by atoms with Gasteiger partial charge in [0, 0.05) is 19.3 Å². The normalized spacial score (nSPS) is 12.4. The first-order chi connectivity index (χ1) is 37.0. The van der Waals surface area contributed by atoms with Crippen LogP contribution in [0.2, 0.25) is 0 Å². The van der Waals surface area contributed by atoms with Crippen molar-refractivity contribution in [3.63, 3.8) is 0 Å². The summed E-state index contributed by atoms with van der Waals surface area (Å²) < 4.78 is 17.0. The van der Waals surface area contributed by atoms with Gasteiger partial charge in [-0.05, 0) is 89.9 Å². The SMILES string of the molecule is CCCCC/C=C\C/C=C\CCCCCCCCCC(=O)OC(COC(=O)CCCCCCCCCC/C=C\C/C=C\C/C=C\CCCCCCC)COC(=O)CCCCCCCCCCCCCCCCCCC. The largest absolute Gasteiger partial charge is 0.462 e. The molecule has 1 unspecified atom stereocenters. The number of ether oxygens (including phenoxy) is 3. The number of rotatable bonds is 60. The molecule has 0 radical (unpaired) electrons. The number of allylic oxidation sites excluding steroid dienone is 10. The van der Waals surface area contributed by atoms with Crippen molar-refractivity contribution < 1.29 is 28.6 Å². The Kier molecular flexibility index (Phi) is 61.2. The highest BCUT2D eigenvalue weighted by atomic mass is 16.6. The van der Waals surface area contributed by atoms with Gasteiger partial charge < -0.3 is 14.2 Å². The van der Waals surface area contributed by atoms with Gasteiger partial charge in [0.05, 0.1) is 0 Å². The third-order valence-corrected chi connectivity index (χ3v) is 14.5. The average Bonchev–Trinajstić information content (AvgIpc) is 3.41. The van der Waals surface area contributed by atoms with Gasteiger partial charge in [-0.3, -0.25) is 14.4 Å². The van der Waals surface area contributed by atoms with Gasteiger partial charge in [-0.25, -0.2) is 0 Å². The summed E-state index contributed by atoms with van der Waals surface area (Å²) in [5.41, 5.74) is 0. The third-order valence-electron chi connectivity index (χ3n) is 14.5. The minimum absolute atomic E-state index is 0.0766. The first kappa shape index (κ1) is 72.1. The van der Waals surface area contributed by atoms with Crippen LogP contribution >= 0.6 is 0 Å². The number of carbonyl (C=O) groups is 3. The molecule has 0 aliphatic rings. The molecule has 0 fully saturated rings. The van der Waals surface area contributed by atoms with Crippen molar-refractivity contribution in [3.05, 3.63) is 60.8 Å². The molecule has 0 aromatic rings. The zero-order valence-electron chi connectivity index (χ0n) is 50.1. The van der Waals surface area contributed by atoms with Gasteiger partial charge in [-0.15, -0.1) is 0 Å². The van der Waals surface area contributed by atoms with Crippen molar-refractivity contribution in [3.8, 4) is 0 Å². The van der Waals surface area contributed by atoms with Crippen molar-refractivity contribution in [2.75, 3.05) is 13.2 Å². The van der Waals surface area contributed by atoms with Crippen molar-refractivity contribution >= 4 is 17.9 Å². The molecule has 75 heavy (non-hydrogen) atoms. The molecule has 0 aromatic carbocycles. The van der Waals surface area contributed by atoms with Crippen LogP contribution in [0.25, 0.3) is 0 Å². The Morgan fingerprint density at radius 2 is 0.480 bits per heavy atom. The number of hydrogen-bond acceptors (Lipinski definition) is 6. The van der Waals surface area contributed by atoms with E-state index in [2.05, 4.69) is 81.5 Å². The lowest BCUT2D eigenvalue weighted by atomic mass is 10.0. The molecule has 1 atom stereocenters. The van der Waals surface area contributed by atoms with Crippen LogP contribution in [0.5, 0.6) is 0 Å². The molecule has 0 amide bonds. The van der Waals surface area contributed by atoms with Crippen LogP contribution in [0.4, 0.5) is 0 Å². The van der Waals surface area contributed by atoms with Gasteiger partial charge in [0.15, 0.2) is 6.10 Å². The summed E-state index contributed by atoms with van der Waals surface area (Å²) in [4.78, 5) is 38.4. The fourth-order valence-electron chi connectivity index (χ4n) is 9.54. The molecular formula is C69H124O6. The maximum atomic E-state index is 12.9. The first-order valence-corrected chi connectivity index (χ1v) is 32.8. The summed E-state index contributed by atoms with van der Waals surface area (Å²) in [5, 5.41) is 0. The van der Waals surface area contributed by atoms with Crippen molar-refractivity contribution in [1.82, 2.24) is 0 Å². The van der Waals surface area contributed by atoms with Crippen LogP contribution in [0, 0.1) is 0 Å². The standard InChI is InChI=1S/C69H124O6/c1-4-7-10-13-16-19-22-25-28-31-32-33-34-35-36-39-41-44-47-50-53-56-59-62-68(71)74-65-66(75-69(72)63-60-57-54-51-48-45-42-38-30-27-24-21-18-15-12-9-6-3)64-73-67(70)61-58-55-52-49-46-43-40-37-29-26-23-20-17-14-11-8-5-2/h18,21-22,25,27,30-32,34-35,66H,4-17,19-20,23-24,26,28-29,33,36-65H2,1-3H3/b21-18-,25-22-,30-27-,32-31-,35-34-. The smallest absolute Gasteiger partial charge is 0.306 e. The molecule has 6 nitrogen and oxygen atoms in total. The van der Waals surface area contributed by atoms with Crippen molar-refractivity contribution in [2.24, 2.45) is 0 Å². The third kappa shape index (κ3) is 61.8. The number of esters is 3. The summed E-state index contributed by atoms with van der Waals surface area (Å²) in [5.74, 6) is -0.872. The van der Waals surface area contributed by atoms with Crippen molar-refractivity contribution in [1.29, 1.82) is 0 Å². The van der Waals surface area contributed by atoms with Crippen LogP contribution < -0.4 is 0 Å². The highest BCUT2D eigenvalue weighted by molar-refractivity contribution is 5.71. The van der Waals surface area contributed by atoms with E-state index in [4.69, 9.17) is 14.2 Å². The summed E-state index contributed by atoms with van der Waals surface area (Å²) in [7, 11) is 0. The number of unbranched alkanes of at least 4 members (excludes halogenated alkanes) is 39. The molecule has 0 saturated heterocycles. The van der Waals surface area contributed by atoms with Gasteiger partial charge in [0.1, 0.15) is 13.2 Å². The summed E-state index contributed by atoms with van der Waals surface area (Å²) >= 11 is 0. The van der Waals surface area contributed by atoms with Crippen LogP contribution in [0.3, 0.4) is 0 Å². The lowest BCUT2D eigenvalue weighted by molar-refractivity contribution is -0.167. The molecule has 0 aliphatic carbocycles. The van der Waals surface area contributed by atoms with E-state index in [-0.39, 0.29) is 31.1 Å². The van der Waals surface area contributed by atoms with Crippen LogP contribution in [-0.4, -0.2) is 37.2 Å². The van der Waals surface area contributed by atoms with E-state index in [1.54, 1.807) is 0 Å². The monoisotopic (exact) mass is 1050 g/mol. The number of carbonyl (C=O) groups excluding carboxylic acids is 3. The predicted molar refractivity (Wildman–Crippen MR) is 325 cm³/mol. The van der Waals surface area contributed by atoms with Gasteiger partial charge in [0.2, 0.25) is 0 Å². The Morgan fingerprint density at radius 1 is 0.267 bits per heavy atom. The molecule has 0 spiro atoms. The fourth-order valence-corrected chi connectivity index (χ4v) is 9.54. The lowest BCUT2D eigenvalue weighted by Gasteiger charge is -2.18. The van der Waals surface area contributed by atoms with Crippen molar-refractivity contribution in [2.45, 2.75) is 348 Å². The maximum absolute atomic E-state index is 12.9. The molecule has 436 valence electrons. The molecule has 0 heterocycles. The van der Waals surface area contributed by atoms with E-state index < -0.39 is 6.10 Å². The van der Waals surface area contributed by atoms with Gasteiger partial charge in [0.25, 0.3) is 0 Å². The Hall–Kier alpha value is -2.89. The molecule has 0 N–H and O–H groups in total. The first-order valence-electron chi connectivity index (χ1n) is 32.8. The Morgan fingerprint density at radius 3 is 0.773 bits per heavy atom. The van der Waals surface area contributed by atoms with E-state index in [0.29, 0.717) is 19.3 Å². The zero-order valence-corrected chi connectivity index (χ0v) is 50.1. The summed E-state index contributed by atoms with van der Waals surface area (Å²) in [6.07, 6.45) is 80.8. The highest BCUT2D eigenvalue weighted by Crippen LogP contribution is 2.17. The van der Waals surface area contributed by atoms with Gasteiger partial charge in [-0.1, -0.05) is 293 Å². The fraction of sp³-hybridized carbons (Fsp3) is 0.812. The van der Waals surface area contributed by atoms with Gasteiger partial charge in [-0.2, -0.15) is 0 Å². The molecule has 0 saturated carbocycles. The van der Waals surface area contributed by atoms with Crippen LogP contribution in [0.1, 0.15) is 342 Å². The Bertz CT molecular complexity index is 1340. The maximum Gasteiger partial charge on any atom is 0.306 e.